The van der Waals surface area contributed by atoms with Crippen LogP contribution in [0.15, 0.2) is 17.5 Å². The Balaban J connectivity index is 1.97. The molecule has 1 aliphatic heterocycles. The fourth-order valence-corrected chi connectivity index (χ4v) is 3.38. The van der Waals surface area contributed by atoms with E-state index in [0.29, 0.717) is 5.92 Å². The van der Waals surface area contributed by atoms with Gasteiger partial charge in [0.15, 0.2) is 0 Å². The highest BCUT2D eigenvalue weighted by molar-refractivity contribution is 7.10. The van der Waals surface area contributed by atoms with Gasteiger partial charge in [-0.15, -0.1) is 11.3 Å². The average molecular weight is 280 g/mol. The van der Waals surface area contributed by atoms with Gasteiger partial charge >= 0.3 is 0 Å². The van der Waals surface area contributed by atoms with Crippen LogP contribution in [0, 0.1) is 11.3 Å². The van der Waals surface area contributed by atoms with Gasteiger partial charge in [0.2, 0.25) is 5.91 Å². The van der Waals surface area contributed by atoms with Crippen LogP contribution >= 0.6 is 11.3 Å². The Bertz CT molecular complexity index is 408. The third-order valence-electron chi connectivity index (χ3n) is 4.22. The lowest BCUT2D eigenvalue weighted by atomic mass is 9.74. The van der Waals surface area contributed by atoms with Gasteiger partial charge in [-0.05, 0) is 50.2 Å². The summed E-state index contributed by atoms with van der Waals surface area (Å²) < 4.78 is 0. The van der Waals surface area contributed by atoms with E-state index in [1.807, 2.05) is 11.4 Å². The van der Waals surface area contributed by atoms with Gasteiger partial charge < -0.3 is 10.6 Å². The first-order chi connectivity index (χ1) is 9.01. The van der Waals surface area contributed by atoms with Crippen LogP contribution in [0.3, 0.4) is 0 Å². The molecule has 1 aliphatic rings. The van der Waals surface area contributed by atoms with E-state index in [4.69, 9.17) is 0 Å². The normalized spacial score (nSPS) is 21.9. The Hall–Kier alpha value is -0.870. The quantitative estimate of drug-likeness (QED) is 0.890. The maximum absolute atomic E-state index is 12.5. The molecule has 2 unspecified atom stereocenters. The summed E-state index contributed by atoms with van der Waals surface area (Å²) in [4.78, 5) is 13.7. The van der Waals surface area contributed by atoms with Crippen molar-refractivity contribution in [1.29, 1.82) is 0 Å². The van der Waals surface area contributed by atoms with Gasteiger partial charge in [0.25, 0.3) is 0 Å². The topological polar surface area (TPSA) is 41.1 Å². The molecule has 2 atom stereocenters. The molecule has 1 saturated heterocycles. The van der Waals surface area contributed by atoms with Gasteiger partial charge in [-0.25, -0.2) is 0 Å². The SMILES string of the molecule is CC(NC(=O)C(C)(C)C1CCCNC1)c1cccs1. The Kier molecular flexibility index (Phi) is 4.63. The fraction of sp³-hybridized carbons (Fsp3) is 0.667. The number of hydrogen-bond acceptors (Lipinski definition) is 3. The molecule has 1 aromatic heterocycles. The highest BCUT2D eigenvalue weighted by atomic mass is 32.1. The lowest BCUT2D eigenvalue weighted by Crippen LogP contribution is -2.47. The maximum atomic E-state index is 12.5. The lowest BCUT2D eigenvalue weighted by Gasteiger charge is -2.36. The van der Waals surface area contributed by atoms with Crippen LogP contribution in [0.4, 0.5) is 0 Å². The van der Waals surface area contributed by atoms with E-state index in [2.05, 4.69) is 37.5 Å². The molecular weight excluding hydrogens is 256 g/mol. The van der Waals surface area contributed by atoms with E-state index in [1.54, 1.807) is 11.3 Å². The van der Waals surface area contributed by atoms with E-state index in [-0.39, 0.29) is 17.4 Å². The zero-order chi connectivity index (χ0) is 13.9. The number of amides is 1. The third-order valence-corrected chi connectivity index (χ3v) is 5.28. The molecule has 0 bridgehead atoms. The van der Waals surface area contributed by atoms with Crippen LogP contribution in [-0.4, -0.2) is 19.0 Å². The largest absolute Gasteiger partial charge is 0.348 e. The van der Waals surface area contributed by atoms with E-state index in [1.165, 1.54) is 11.3 Å². The highest BCUT2D eigenvalue weighted by Crippen LogP contribution is 2.33. The zero-order valence-electron chi connectivity index (χ0n) is 12.0. The monoisotopic (exact) mass is 280 g/mol. The minimum Gasteiger partial charge on any atom is -0.348 e. The van der Waals surface area contributed by atoms with E-state index in [0.717, 1.165) is 19.5 Å². The van der Waals surface area contributed by atoms with Crippen molar-refractivity contribution >= 4 is 17.2 Å². The highest BCUT2D eigenvalue weighted by Gasteiger charge is 2.37. The van der Waals surface area contributed by atoms with Crippen LogP contribution in [-0.2, 0) is 4.79 Å². The van der Waals surface area contributed by atoms with Crippen molar-refractivity contribution in [3.63, 3.8) is 0 Å². The second-order valence-corrected chi connectivity index (χ2v) is 6.95. The molecular formula is C15H24N2OS. The van der Waals surface area contributed by atoms with Gasteiger partial charge in [0, 0.05) is 10.3 Å². The molecule has 106 valence electrons. The molecule has 2 heterocycles. The molecule has 2 N–H and O–H groups in total. The van der Waals surface area contributed by atoms with Gasteiger partial charge in [0.05, 0.1) is 6.04 Å². The number of hydrogen-bond donors (Lipinski definition) is 2. The molecule has 0 aromatic carbocycles. The first kappa shape index (κ1) is 14.5. The summed E-state index contributed by atoms with van der Waals surface area (Å²) in [6, 6.07) is 4.20. The van der Waals surface area contributed by atoms with Gasteiger partial charge in [-0.1, -0.05) is 19.9 Å². The molecule has 1 amide bonds. The fourth-order valence-electron chi connectivity index (χ4n) is 2.64. The molecule has 1 aromatic rings. The predicted octanol–water partition coefficient (Wildman–Crippen LogP) is 2.95. The van der Waals surface area contributed by atoms with Gasteiger partial charge in [-0.2, -0.15) is 0 Å². The van der Waals surface area contributed by atoms with Crippen molar-refractivity contribution in [2.75, 3.05) is 13.1 Å². The number of carbonyl (C=O) groups excluding carboxylic acids is 1. The van der Waals surface area contributed by atoms with E-state index < -0.39 is 0 Å². The number of piperidine rings is 1. The molecule has 0 aliphatic carbocycles. The van der Waals surface area contributed by atoms with Gasteiger partial charge in [-0.3, -0.25) is 4.79 Å². The Morgan fingerprint density at radius 3 is 2.95 bits per heavy atom. The first-order valence-corrected chi connectivity index (χ1v) is 7.95. The Morgan fingerprint density at radius 2 is 2.37 bits per heavy atom. The second-order valence-electron chi connectivity index (χ2n) is 5.98. The summed E-state index contributed by atoms with van der Waals surface area (Å²) in [5, 5.41) is 8.61. The first-order valence-electron chi connectivity index (χ1n) is 7.07. The van der Waals surface area contributed by atoms with Crippen molar-refractivity contribution in [3.05, 3.63) is 22.4 Å². The molecule has 3 nitrogen and oxygen atoms in total. The number of carbonyl (C=O) groups is 1. The van der Waals surface area contributed by atoms with Crippen LogP contribution in [0.2, 0.25) is 0 Å². The molecule has 0 saturated carbocycles. The van der Waals surface area contributed by atoms with Crippen molar-refractivity contribution in [3.8, 4) is 0 Å². The number of rotatable bonds is 4. The molecule has 2 rings (SSSR count). The third kappa shape index (κ3) is 3.37. The Morgan fingerprint density at radius 1 is 1.58 bits per heavy atom. The molecule has 4 heteroatoms. The van der Waals surface area contributed by atoms with E-state index >= 15 is 0 Å². The number of thiophene rings is 1. The molecule has 1 fully saturated rings. The van der Waals surface area contributed by atoms with Crippen molar-refractivity contribution in [1.82, 2.24) is 10.6 Å². The van der Waals surface area contributed by atoms with Crippen LogP contribution in [0.1, 0.15) is 44.5 Å². The van der Waals surface area contributed by atoms with Gasteiger partial charge in [0.1, 0.15) is 0 Å². The van der Waals surface area contributed by atoms with Crippen LogP contribution in [0.5, 0.6) is 0 Å². The zero-order valence-corrected chi connectivity index (χ0v) is 12.8. The van der Waals surface area contributed by atoms with Crippen LogP contribution in [0.25, 0.3) is 0 Å². The maximum Gasteiger partial charge on any atom is 0.226 e. The standard InChI is InChI=1S/C15H24N2OS/c1-11(13-7-5-9-19-13)17-14(18)15(2,3)12-6-4-8-16-10-12/h5,7,9,11-12,16H,4,6,8,10H2,1-3H3,(H,17,18). The predicted molar refractivity (Wildman–Crippen MR) is 80.3 cm³/mol. The summed E-state index contributed by atoms with van der Waals surface area (Å²) >= 11 is 1.69. The molecule has 0 radical (unpaired) electrons. The minimum atomic E-state index is -0.307. The lowest BCUT2D eigenvalue weighted by molar-refractivity contribution is -0.133. The number of nitrogens with one attached hydrogen (secondary N) is 2. The summed E-state index contributed by atoms with van der Waals surface area (Å²) in [6.07, 6.45) is 2.31. The van der Waals surface area contributed by atoms with E-state index in [9.17, 15) is 4.79 Å². The van der Waals surface area contributed by atoms with Crippen molar-refractivity contribution in [2.45, 2.75) is 39.7 Å². The second kappa shape index (κ2) is 6.06. The van der Waals surface area contributed by atoms with Crippen molar-refractivity contribution < 1.29 is 4.79 Å². The molecule has 19 heavy (non-hydrogen) atoms. The summed E-state index contributed by atoms with van der Waals surface area (Å²) in [7, 11) is 0. The summed E-state index contributed by atoms with van der Waals surface area (Å²) in [6.45, 7) is 8.23. The summed E-state index contributed by atoms with van der Waals surface area (Å²) in [5.41, 5.74) is -0.307. The smallest absolute Gasteiger partial charge is 0.226 e. The average Bonchev–Trinajstić information content (AvgIpc) is 2.93. The minimum absolute atomic E-state index is 0.100. The Labute approximate surface area is 119 Å². The van der Waals surface area contributed by atoms with Crippen LogP contribution < -0.4 is 10.6 Å². The summed E-state index contributed by atoms with van der Waals surface area (Å²) in [5.74, 6) is 0.596. The van der Waals surface area contributed by atoms with Crippen molar-refractivity contribution in [2.24, 2.45) is 11.3 Å². The molecule has 0 spiro atoms.